The zero-order valence-corrected chi connectivity index (χ0v) is 30.1. The number of allylic oxidation sites excluding steroid dienone is 2. The van der Waals surface area contributed by atoms with Crippen LogP contribution in [0.3, 0.4) is 0 Å². The van der Waals surface area contributed by atoms with Crippen molar-refractivity contribution in [2.75, 3.05) is 0 Å². The van der Waals surface area contributed by atoms with Gasteiger partial charge >= 0.3 is 0 Å². The van der Waals surface area contributed by atoms with Gasteiger partial charge in [0.25, 0.3) is 0 Å². The fraction of sp³-hybridized carbons (Fsp3) is 0.167. The van der Waals surface area contributed by atoms with Crippen LogP contribution in [0, 0.1) is 0 Å². The summed E-state index contributed by atoms with van der Waals surface area (Å²) in [5, 5.41) is 0. The van der Waals surface area contributed by atoms with Gasteiger partial charge in [-0.1, -0.05) is 172 Å². The zero-order chi connectivity index (χ0) is 33.2. The van der Waals surface area contributed by atoms with Gasteiger partial charge in [0, 0.05) is 21.4 Å². The summed E-state index contributed by atoms with van der Waals surface area (Å²) in [4.78, 5) is 0. The standard InChI is InChI=1S/C48H44Si/c1-3-33-25-27-39-43(47(33)37-21-13-7-14-22-37)29-41(35-17-9-5-10-18-35)45(39)31-49-32-46-40-28-26-34(4-2)48(38-23-15-8-16-24-38)44(40)30-42(46)36-19-11-6-12-20-36/h5-30,45-46H,3-4,31-32,49H2,1-2H3. The van der Waals surface area contributed by atoms with E-state index in [1.165, 1.54) is 90.0 Å². The molecular formula is C48H44Si. The second-order valence-electron chi connectivity index (χ2n) is 13.6. The van der Waals surface area contributed by atoms with E-state index in [1.54, 1.807) is 0 Å². The molecule has 0 heterocycles. The summed E-state index contributed by atoms with van der Waals surface area (Å²) in [6.07, 6.45) is 7.16. The van der Waals surface area contributed by atoms with Crippen LogP contribution in [0.1, 0.15) is 70.2 Å². The van der Waals surface area contributed by atoms with Crippen molar-refractivity contribution in [3.8, 4) is 22.3 Å². The molecule has 2 atom stereocenters. The fourth-order valence-corrected chi connectivity index (χ4v) is 10.9. The molecule has 2 aliphatic rings. The summed E-state index contributed by atoms with van der Waals surface area (Å²) in [6.45, 7) is 4.58. The SMILES string of the molecule is CCc1ccc2c(c1-c1ccccc1)C=C(c1ccccc1)C2C[SiH2]CC1C(c2ccccc2)=Cc2c1ccc(CC)c2-c1ccccc1. The van der Waals surface area contributed by atoms with Gasteiger partial charge < -0.3 is 0 Å². The van der Waals surface area contributed by atoms with Gasteiger partial charge in [-0.25, -0.2) is 0 Å². The average molecular weight is 649 g/mol. The van der Waals surface area contributed by atoms with Gasteiger partial charge in [0.15, 0.2) is 0 Å². The van der Waals surface area contributed by atoms with Crippen LogP contribution in [0.5, 0.6) is 0 Å². The lowest BCUT2D eigenvalue weighted by Crippen LogP contribution is -2.08. The Labute approximate surface area is 294 Å². The van der Waals surface area contributed by atoms with E-state index in [2.05, 4.69) is 172 Å². The van der Waals surface area contributed by atoms with E-state index >= 15 is 0 Å². The Morgan fingerprint density at radius 1 is 0.408 bits per heavy atom. The van der Waals surface area contributed by atoms with Gasteiger partial charge in [0.05, 0.1) is 0 Å². The van der Waals surface area contributed by atoms with Crippen LogP contribution in [-0.4, -0.2) is 9.52 Å². The van der Waals surface area contributed by atoms with E-state index in [4.69, 9.17) is 0 Å². The number of fused-ring (bicyclic) bond motifs is 2. The largest absolute Gasteiger partial charge is 0.0622 e. The zero-order valence-electron chi connectivity index (χ0n) is 28.7. The highest BCUT2D eigenvalue weighted by molar-refractivity contribution is 6.37. The van der Waals surface area contributed by atoms with Crippen LogP contribution in [0.4, 0.5) is 0 Å². The first-order chi connectivity index (χ1) is 24.2. The van der Waals surface area contributed by atoms with E-state index in [-0.39, 0.29) is 0 Å². The monoisotopic (exact) mass is 648 g/mol. The molecule has 6 aromatic carbocycles. The highest BCUT2D eigenvalue weighted by Gasteiger charge is 2.32. The van der Waals surface area contributed by atoms with Gasteiger partial charge in [-0.05, 0) is 103 Å². The Hall–Kier alpha value is -4.98. The molecule has 0 amide bonds. The third-order valence-electron chi connectivity index (χ3n) is 10.9. The van der Waals surface area contributed by atoms with Crippen molar-refractivity contribution in [1.29, 1.82) is 0 Å². The maximum absolute atomic E-state index is 2.55. The first-order valence-electron chi connectivity index (χ1n) is 18.2. The summed E-state index contributed by atoms with van der Waals surface area (Å²) in [7, 11) is -0.462. The molecule has 0 saturated carbocycles. The smallest absolute Gasteiger partial charge is 0.0219 e. The molecule has 0 bridgehead atoms. The number of rotatable bonds is 10. The molecule has 8 rings (SSSR count). The number of hydrogen-bond acceptors (Lipinski definition) is 0. The van der Waals surface area contributed by atoms with Crippen molar-refractivity contribution in [3.63, 3.8) is 0 Å². The highest BCUT2D eigenvalue weighted by atomic mass is 28.2. The number of hydrogen-bond donors (Lipinski definition) is 0. The van der Waals surface area contributed by atoms with Crippen molar-refractivity contribution in [2.24, 2.45) is 0 Å². The Morgan fingerprint density at radius 3 is 1.10 bits per heavy atom. The second-order valence-corrected chi connectivity index (χ2v) is 15.5. The summed E-state index contributed by atoms with van der Waals surface area (Å²) in [5.74, 6) is 0.870. The van der Waals surface area contributed by atoms with Crippen molar-refractivity contribution in [3.05, 3.63) is 190 Å². The number of aryl methyl sites for hydroxylation is 2. The Balaban J connectivity index is 1.17. The molecule has 1 heteroatoms. The second kappa shape index (κ2) is 13.9. The normalized spacial score (nSPS) is 16.4. The molecule has 49 heavy (non-hydrogen) atoms. The molecule has 2 unspecified atom stereocenters. The van der Waals surface area contributed by atoms with E-state index in [9.17, 15) is 0 Å². The van der Waals surface area contributed by atoms with Gasteiger partial charge in [0.1, 0.15) is 0 Å². The predicted octanol–water partition coefficient (Wildman–Crippen LogP) is 12.1. The fourth-order valence-electron chi connectivity index (χ4n) is 8.59. The predicted molar refractivity (Wildman–Crippen MR) is 215 cm³/mol. The molecular weight excluding hydrogens is 605 g/mol. The molecule has 0 saturated heterocycles. The number of benzene rings is 6. The Morgan fingerprint density at radius 2 is 0.755 bits per heavy atom. The molecule has 0 aliphatic heterocycles. The summed E-state index contributed by atoms with van der Waals surface area (Å²) < 4.78 is 0. The van der Waals surface area contributed by atoms with Crippen molar-refractivity contribution in [1.82, 2.24) is 0 Å². The van der Waals surface area contributed by atoms with Crippen LogP contribution in [0.2, 0.25) is 12.1 Å². The lowest BCUT2D eigenvalue weighted by molar-refractivity contribution is 0.951. The summed E-state index contributed by atoms with van der Waals surface area (Å²) in [6, 6.07) is 56.7. The van der Waals surface area contributed by atoms with E-state index in [1.807, 2.05) is 0 Å². The first kappa shape index (κ1) is 31.3. The minimum absolute atomic E-state index is 0.435. The molecule has 0 fully saturated rings. The van der Waals surface area contributed by atoms with Gasteiger partial charge in [-0.15, -0.1) is 0 Å². The Kier molecular flexibility index (Phi) is 8.85. The molecule has 240 valence electrons. The molecule has 2 aliphatic carbocycles. The lowest BCUT2D eigenvalue weighted by atomic mass is 9.88. The molecule has 6 aromatic rings. The van der Waals surface area contributed by atoms with E-state index in [0.717, 1.165) is 12.8 Å². The van der Waals surface area contributed by atoms with E-state index < -0.39 is 9.52 Å². The summed E-state index contributed by atoms with van der Waals surface area (Å²) in [5.41, 5.74) is 20.1. The van der Waals surface area contributed by atoms with Gasteiger partial charge in [0.2, 0.25) is 0 Å². The quantitative estimate of drug-likeness (QED) is 0.130. The van der Waals surface area contributed by atoms with E-state index in [0.29, 0.717) is 11.8 Å². The topological polar surface area (TPSA) is 0 Å². The molecule has 0 spiro atoms. The van der Waals surface area contributed by atoms with Crippen molar-refractivity contribution in [2.45, 2.75) is 50.6 Å². The van der Waals surface area contributed by atoms with Gasteiger partial charge in [-0.2, -0.15) is 0 Å². The maximum atomic E-state index is 2.55. The van der Waals surface area contributed by atoms with Crippen molar-refractivity contribution < 1.29 is 0 Å². The molecule has 0 radical (unpaired) electrons. The van der Waals surface area contributed by atoms with Crippen LogP contribution in [0.25, 0.3) is 45.6 Å². The molecule has 0 aromatic heterocycles. The first-order valence-corrected chi connectivity index (χ1v) is 20.2. The maximum Gasteiger partial charge on any atom is 0.0219 e. The minimum Gasteiger partial charge on any atom is -0.0622 e. The van der Waals surface area contributed by atoms with Crippen LogP contribution >= 0.6 is 0 Å². The third-order valence-corrected chi connectivity index (χ3v) is 12.9. The van der Waals surface area contributed by atoms with Gasteiger partial charge in [-0.3, -0.25) is 0 Å². The Bertz CT molecular complexity index is 1980. The minimum atomic E-state index is -0.462. The molecule has 0 N–H and O–H groups in total. The summed E-state index contributed by atoms with van der Waals surface area (Å²) >= 11 is 0. The van der Waals surface area contributed by atoms with Crippen molar-refractivity contribution >= 4 is 32.8 Å². The van der Waals surface area contributed by atoms with Crippen LogP contribution in [0.15, 0.2) is 146 Å². The lowest BCUT2D eigenvalue weighted by Gasteiger charge is -2.22. The highest BCUT2D eigenvalue weighted by Crippen LogP contribution is 2.51. The van der Waals surface area contributed by atoms with Crippen LogP contribution < -0.4 is 0 Å². The van der Waals surface area contributed by atoms with Crippen LogP contribution in [-0.2, 0) is 12.8 Å². The average Bonchev–Trinajstić information content (AvgIpc) is 3.74. The molecule has 0 nitrogen and oxygen atoms in total. The third kappa shape index (κ3) is 5.87.